The number of hydrogen-bond acceptors (Lipinski definition) is 4. The van der Waals surface area contributed by atoms with Gasteiger partial charge in [-0.2, -0.15) is 0 Å². The molecule has 7 nitrogen and oxygen atoms in total. The Kier molecular flexibility index (Phi) is 5.70. The zero-order valence-corrected chi connectivity index (χ0v) is 17.1. The van der Waals surface area contributed by atoms with Gasteiger partial charge in [-0.25, -0.2) is 20.3 Å². The number of fused-ring (bicyclic) bond motifs is 1. The highest BCUT2D eigenvalue weighted by Crippen LogP contribution is 2.21. The highest BCUT2D eigenvalue weighted by atomic mass is 32.1. The fourth-order valence-corrected chi connectivity index (χ4v) is 2.96. The molecule has 1 heterocycles. The molecule has 28 heavy (non-hydrogen) atoms. The molecular formula is C20H23N6OS+. The van der Waals surface area contributed by atoms with Crippen molar-refractivity contribution in [2.24, 2.45) is 5.73 Å². The van der Waals surface area contributed by atoms with E-state index in [2.05, 4.69) is 45.5 Å². The molecule has 0 aliphatic heterocycles. The van der Waals surface area contributed by atoms with Gasteiger partial charge in [0.1, 0.15) is 5.75 Å². The maximum atomic E-state index is 6.03. The van der Waals surface area contributed by atoms with Crippen LogP contribution in [0.1, 0.15) is 16.8 Å². The second-order valence-corrected chi connectivity index (χ2v) is 6.84. The van der Waals surface area contributed by atoms with Crippen LogP contribution in [0.3, 0.4) is 0 Å². The molecule has 0 fully saturated rings. The normalized spacial score (nSPS) is 11.4. The third-order valence-electron chi connectivity index (χ3n) is 4.32. The molecule has 0 aliphatic rings. The van der Waals surface area contributed by atoms with Crippen LogP contribution in [0, 0.1) is 20.8 Å². The Balaban J connectivity index is 1.76. The summed E-state index contributed by atoms with van der Waals surface area (Å²) in [4.78, 5) is 11.9. The molecule has 0 radical (unpaired) electrons. The summed E-state index contributed by atoms with van der Waals surface area (Å²) in [6, 6.07) is 11.6. The predicted molar refractivity (Wildman–Crippen MR) is 117 cm³/mol. The first-order chi connectivity index (χ1) is 13.4. The molecule has 0 bridgehead atoms. The SMILES string of the molecule is COc1cccc(NC(=S)[NH+]=C(N)Nc2nc(C)c3cc(C)c(C)cc3n2)c1. The van der Waals surface area contributed by atoms with E-state index in [0.717, 1.165) is 28.0 Å². The van der Waals surface area contributed by atoms with Crippen molar-refractivity contribution in [1.29, 1.82) is 0 Å². The fraction of sp³-hybridized carbons (Fsp3) is 0.200. The first kappa shape index (κ1) is 19.5. The van der Waals surface area contributed by atoms with Gasteiger partial charge in [-0.05, 0) is 68.4 Å². The molecule has 0 amide bonds. The molecule has 0 saturated heterocycles. The monoisotopic (exact) mass is 395 g/mol. The molecule has 0 saturated carbocycles. The molecule has 8 heteroatoms. The lowest BCUT2D eigenvalue weighted by Crippen LogP contribution is -2.82. The summed E-state index contributed by atoms with van der Waals surface area (Å²) in [5, 5.41) is 7.36. The number of nitrogens with one attached hydrogen (secondary N) is 3. The van der Waals surface area contributed by atoms with Crippen molar-refractivity contribution in [3.05, 3.63) is 53.2 Å². The van der Waals surface area contributed by atoms with Gasteiger partial charge in [0.15, 0.2) is 0 Å². The minimum absolute atomic E-state index is 0.225. The molecule has 0 unspecified atom stereocenters. The molecule has 1 aromatic heterocycles. The van der Waals surface area contributed by atoms with Crippen LogP contribution in [0.25, 0.3) is 10.9 Å². The van der Waals surface area contributed by atoms with Crippen LogP contribution in [0.2, 0.25) is 0 Å². The number of aromatic nitrogens is 2. The summed E-state index contributed by atoms with van der Waals surface area (Å²) < 4.78 is 5.20. The Hall–Kier alpha value is -3.26. The first-order valence-electron chi connectivity index (χ1n) is 8.73. The molecule has 144 valence electrons. The Labute approximate surface area is 169 Å². The summed E-state index contributed by atoms with van der Waals surface area (Å²) in [6.45, 7) is 6.08. The number of nitrogens with zero attached hydrogens (tertiary/aromatic N) is 2. The number of aryl methyl sites for hydroxylation is 3. The number of anilines is 2. The van der Waals surface area contributed by atoms with E-state index in [4.69, 9.17) is 22.7 Å². The van der Waals surface area contributed by atoms with Gasteiger partial charge in [0.25, 0.3) is 11.1 Å². The molecule has 0 spiro atoms. The van der Waals surface area contributed by atoms with Crippen LogP contribution >= 0.6 is 12.2 Å². The van der Waals surface area contributed by atoms with Crippen molar-refractivity contribution < 1.29 is 9.73 Å². The third kappa shape index (κ3) is 4.52. The first-order valence-corrected chi connectivity index (χ1v) is 9.13. The van der Waals surface area contributed by atoms with E-state index in [1.807, 2.05) is 37.3 Å². The fourth-order valence-electron chi connectivity index (χ4n) is 2.73. The number of guanidine groups is 1. The number of thiocarbonyl (C=S) groups is 1. The van der Waals surface area contributed by atoms with Crippen LogP contribution in [0.15, 0.2) is 36.4 Å². The van der Waals surface area contributed by atoms with Gasteiger partial charge in [0.2, 0.25) is 0 Å². The van der Waals surface area contributed by atoms with Crippen molar-refractivity contribution in [1.82, 2.24) is 9.97 Å². The molecule has 0 atom stereocenters. The van der Waals surface area contributed by atoms with Crippen LogP contribution in [0.4, 0.5) is 11.6 Å². The summed E-state index contributed by atoms with van der Waals surface area (Å²) in [5.41, 5.74) is 10.9. The van der Waals surface area contributed by atoms with E-state index in [9.17, 15) is 0 Å². The van der Waals surface area contributed by atoms with Gasteiger partial charge in [0, 0.05) is 11.5 Å². The van der Waals surface area contributed by atoms with Gasteiger partial charge in [-0.1, -0.05) is 6.07 Å². The molecule has 5 N–H and O–H groups in total. The summed E-state index contributed by atoms with van der Waals surface area (Å²) in [7, 11) is 1.61. The summed E-state index contributed by atoms with van der Waals surface area (Å²) in [6.07, 6.45) is 0. The van der Waals surface area contributed by atoms with Gasteiger partial charge in [-0.3, -0.25) is 5.32 Å². The van der Waals surface area contributed by atoms with E-state index in [1.54, 1.807) is 7.11 Å². The van der Waals surface area contributed by atoms with Gasteiger partial charge in [0.05, 0.1) is 24.0 Å². The largest absolute Gasteiger partial charge is 0.497 e. The van der Waals surface area contributed by atoms with Crippen molar-refractivity contribution in [2.45, 2.75) is 20.8 Å². The average Bonchev–Trinajstić information content (AvgIpc) is 2.63. The second kappa shape index (κ2) is 8.18. The number of ether oxygens (including phenoxy) is 1. The minimum atomic E-state index is 0.225. The minimum Gasteiger partial charge on any atom is -0.497 e. The van der Waals surface area contributed by atoms with Crippen molar-refractivity contribution in [2.75, 3.05) is 17.7 Å². The predicted octanol–water partition coefficient (Wildman–Crippen LogP) is 1.77. The van der Waals surface area contributed by atoms with Crippen molar-refractivity contribution in [3.63, 3.8) is 0 Å². The highest BCUT2D eigenvalue weighted by molar-refractivity contribution is 7.80. The Morgan fingerprint density at radius 2 is 1.82 bits per heavy atom. The van der Waals surface area contributed by atoms with Crippen molar-refractivity contribution in [3.8, 4) is 5.75 Å². The quantitative estimate of drug-likeness (QED) is 0.305. The lowest BCUT2D eigenvalue weighted by Gasteiger charge is -2.08. The average molecular weight is 396 g/mol. The van der Waals surface area contributed by atoms with E-state index in [1.165, 1.54) is 11.1 Å². The van der Waals surface area contributed by atoms with Crippen LogP contribution in [-0.4, -0.2) is 28.1 Å². The van der Waals surface area contributed by atoms with E-state index >= 15 is 0 Å². The van der Waals surface area contributed by atoms with Crippen LogP contribution in [0.5, 0.6) is 5.75 Å². The third-order valence-corrected chi connectivity index (χ3v) is 4.53. The van der Waals surface area contributed by atoms with Crippen LogP contribution < -0.4 is 26.1 Å². The van der Waals surface area contributed by atoms with Gasteiger partial charge < -0.3 is 10.5 Å². The number of nitrogens with two attached hydrogens (primary N) is 1. The number of benzene rings is 2. The Morgan fingerprint density at radius 3 is 2.57 bits per heavy atom. The zero-order valence-electron chi connectivity index (χ0n) is 16.3. The van der Waals surface area contributed by atoms with Gasteiger partial charge >= 0.3 is 5.96 Å². The number of hydrogen-bond donors (Lipinski definition) is 4. The number of methoxy groups -OCH3 is 1. The van der Waals surface area contributed by atoms with Crippen molar-refractivity contribution >= 4 is 45.8 Å². The number of rotatable bonds is 3. The van der Waals surface area contributed by atoms with Crippen LogP contribution in [-0.2, 0) is 0 Å². The molecular weight excluding hydrogens is 372 g/mol. The zero-order chi connectivity index (χ0) is 20.3. The maximum absolute atomic E-state index is 6.03. The second-order valence-electron chi connectivity index (χ2n) is 6.44. The van der Waals surface area contributed by atoms with E-state index in [-0.39, 0.29) is 5.96 Å². The highest BCUT2D eigenvalue weighted by Gasteiger charge is 2.10. The van der Waals surface area contributed by atoms with E-state index < -0.39 is 0 Å². The summed E-state index contributed by atoms with van der Waals surface area (Å²) >= 11 is 5.30. The lowest BCUT2D eigenvalue weighted by atomic mass is 10.1. The van der Waals surface area contributed by atoms with E-state index in [0.29, 0.717) is 11.1 Å². The smallest absolute Gasteiger partial charge is 0.312 e. The lowest BCUT2D eigenvalue weighted by molar-refractivity contribution is -0.311. The Morgan fingerprint density at radius 1 is 1.07 bits per heavy atom. The molecule has 0 aliphatic carbocycles. The topological polar surface area (TPSA) is 99.1 Å². The standard InChI is InChI=1S/C20H22N6OS/c1-11-8-16-13(3)22-19(24-17(16)9-12(11)2)25-18(21)26-20(28)23-14-6-5-7-15(10-14)27-4/h5-10H,1-4H3,(H4,21,22,23,24,25,26,28)/p+1. The summed E-state index contributed by atoms with van der Waals surface area (Å²) in [5.74, 6) is 1.36. The molecule has 3 aromatic rings. The van der Waals surface area contributed by atoms with Gasteiger partial charge in [-0.15, -0.1) is 0 Å². The molecule has 2 aromatic carbocycles. The Bertz CT molecular complexity index is 1080. The molecule has 3 rings (SSSR count). The maximum Gasteiger partial charge on any atom is 0.312 e.